The van der Waals surface area contributed by atoms with Crippen LogP contribution >= 0.6 is 39.3 Å². The number of hydrogen-bond donors (Lipinski definition) is 2. The second kappa shape index (κ2) is 15.4. The maximum absolute atomic E-state index is 9.70. The smallest absolute Gasteiger partial charge is 0.129 e. The lowest BCUT2D eigenvalue weighted by Crippen LogP contribution is -1.88. The molecule has 0 saturated carbocycles. The molecule has 0 amide bonds. The van der Waals surface area contributed by atoms with Gasteiger partial charge in [-0.3, -0.25) is 4.98 Å². The van der Waals surface area contributed by atoms with Crippen molar-refractivity contribution >= 4 is 84.4 Å². The van der Waals surface area contributed by atoms with E-state index in [1.807, 2.05) is 67.0 Å². The van der Waals surface area contributed by atoms with Crippen molar-refractivity contribution < 1.29 is 4.74 Å². The highest BCUT2D eigenvalue weighted by atomic mass is 79.9. The molecule has 3 heterocycles. The predicted molar refractivity (Wildman–Crippen MR) is 195 cm³/mol. The number of thioether (sulfide) groups is 1. The average Bonchev–Trinajstić information content (AvgIpc) is 3.71. The van der Waals surface area contributed by atoms with Crippen LogP contribution in [0.1, 0.15) is 34.7 Å². The number of pyridine rings is 1. The molecule has 0 aliphatic carbocycles. The van der Waals surface area contributed by atoms with Crippen LogP contribution < -0.4 is 4.74 Å². The number of ether oxygens (including phenoxy) is 1. The van der Waals surface area contributed by atoms with Crippen molar-refractivity contribution in [2.45, 2.75) is 11.8 Å². The number of nitrogens with one attached hydrogen (secondary N) is 2. The second-order valence-corrected chi connectivity index (χ2v) is 12.7. The van der Waals surface area contributed by atoms with Gasteiger partial charge in [0.05, 0.1) is 42.0 Å². The molecule has 6 rings (SSSR count). The maximum Gasteiger partial charge on any atom is 0.129 e. The molecule has 0 saturated heterocycles. The zero-order valence-corrected chi connectivity index (χ0v) is 28.5. The number of aromatic amines is 2. The van der Waals surface area contributed by atoms with Crippen LogP contribution in [0.4, 0.5) is 0 Å². The number of nitriles is 3. The predicted octanol–water partition coefficient (Wildman–Crippen LogP) is 10.3. The highest BCUT2D eigenvalue weighted by Crippen LogP contribution is 2.32. The van der Waals surface area contributed by atoms with Gasteiger partial charge in [-0.15, -0.1) is 11.8 Å². The molecule has 230 valence electrons. The molecule has 3 aromatic carbocycles. The summed E-state index contributed by atoms with van der Waals surface area (Å²) in [4.78, 5) is 11.5. The van der Waals surface area contributed by atoms with Crippen molar-refractivity contribution in [1.29, 1.82) is 15.8 Å². The van der Waals surface area contributed by atoms with Gasteiger partial charge in [-0.1, -0.05) is 40.5 Å². The number of H-pyrrole nitrogens is 2. The number of hydrogen-bond acceptors (Lipinski definition) is 6. The molecule has 2 N–H and O–H groups in total. The number of allylic oxidation sites excluding steroid dienone is 2. The fourth-order valence-electron chi connectivity index (χ4n) is 4.99. The number of rotatable bonds is 7. The molecule has 0 bridgehead atoms. The van der Waals surface area contributed by atoms with Crippen LogP contribution in [0.3, 0.4) is 0 Å². The van der Waals surface area contributed by atoms with Gasteiger partial charge in [0.1, 0.15) is 5.75 Å². The van der Waals surface area contributed by atoms with Crippen molar-refractivity contribution in [3.63, 3.8) is 0 Å². The van der Waals surface area contributed by atoms with Crippen LogP contribution in [-0.4, -0.2) is 27.8 Å². The third-order valence-electron chi connectivity index (χ3n) is 7.18. The molecular formula is C37H26BrClN6OS. The number of nitrogens with zero attached hydrogens (tertiary/aromatic N) is 4. The van der Waals surface area contributed by atoms with Crippen molar-refractivity contribution in [2.24, 2.45) is 0 Å². The molecule has 0 aliphatic rings. The Hall–Kier alpha value is -5.24. The summed E-state index contributed by atoms with van der Waals surface area (Å²) in [7, 11) is 1.60. The van der Waals surface area contributed by atoms with Crippen molar-refractivity contribution in [3.05, 3.63) is 123 Å². The van der Waals surface area contributed by atoms with Gasteiger partial charge in [0.2, 0.25) is 0 Å². The topological polar surface area (TPSA) is 125 Å². The minimum Gasteiger partial charge on any atom is -0.496 e. The largest absolute Gasteiger partial charge is 0.496 e. The molecule has 0 aliphatic heterocycles. The summed E-state index contributed by atoms with van der Waals surface area (Å²) in [5, 5.41) is 30.9. The Morgan fingerprint density at radius 3 is 2.32 bits per heavy atom. The van der Waals surface area contributed by atoms with Crippen molar-refractivity contribution in [2.75, 3.05) is 12.9 Å². The Bertz CT molecular complexity index is 2280. The number of aromatic nitrogens is 3. The average molecular weight is 718 g/mol. The number of methoxy groups -OCH3 is 1. The van der Waals surface area contributed by atoms with E-state index in [2.05, 4.69) is 56.0 Å². The molecule has 6 aromatic rings. The molecule has 0 spiro atoms. The SMILES string of the molecule is CCSc1ccc(C#N)cc1/C=C(\C#N)c1c[nH]c2ccc(Cl)cc12.COc1ccncc1/C=C(\C#N)c1c[nH]c2cc(Br)ccc12. The molecule has 0 radical (unpaired) electrons. The molecule has 0 atom stereocenters. The van der Waals surface area contributed by atoms with Crippen LogP contribution in [0.2, 0.25) is 5.02 Å². The van der Waals surface area contributed by atoms with E-state index >= 15 is 0 Å². The normalized spacial score (nSPS) is 11.3. The van der Waals surface area contributed by atoms with Crippen LogP contribution in [-0.2, 0) is 0 Å². The Labute approximate surface area is 289 Å². The highest BCUT2D eigenvalue weighted by molar-refractivity contribution is 9.10. The molecule has 47 heavy (non-hydrogen) atoms. The quantitative estimate of drug-likeness (QED) is 0.125. The summed E-state index contributed by atoms with van der Waals surface area (Å²) < 4.78 is 6.29. The molecule has 0 unspecified atom stereocenters. The monoisotopic (exact) mass is 716 g/mol. The summed E-state index contributed by atoms with van der Waals surface area (Å²) in [5.74, 6) is 1.60. The van der Waals surface area contributed by atoms with E-state index in [1.54, 1.807) is 49.5 Å². The van der Waals surface area contributed by atoms with Crippen molar-refractivity contribution in [1.82, 2.24) is 15.0 Å². The van der Waals surface area contributed by atoms with Crippen LogP contribution in [0.25, 0.3) is 45.1 Å². The summed E-state index contributed by atoms with van der Waals surface area (Å²) in [6.45, 7) is 2.07. The van der Waals surface area contributed by atoms with E-state index in [9.17, 15) is 10.5 Å². The summed E-state index contributed by atoms with van der Waals surface area (Å²) in [5.41, 5.74) is 6.86. The van der Waals surface area contributed by atoms with Crippen molar-refractivity contribution in [3.8, 4) is 24.0 Å². The van der Waals surface area contributed by atoms with Gasteiger partial charge in [-0.05, 0) is 78.1 Å². The molecule has 10 heteroatoms. The summed E-state index contributed by atoms with van der Waals surface area (Å²) >= 11 is 11.2. The fourth-order valence-corrected chi connectivity index (χ4v) is 6.29. The number of benzene rings is 3. The Morgan fingerprint density at radius 1 is 0.894 bits per heavy atom. The lowest BCUT2D eigenvalue weighted by molar-refractivity contribution is 0.413. The molecule has 0 fully saturated rings. The molecule has 3 aromatic heterocycles. The number of halogens is 2. The molecular weight excluding hydrogens is 692 g/mol. The lowest BCUT2D eigenvalue weighted by atomic mass is 10.0. The highest BCUT2D eigenvalue weighted by Gasteiger charge is 2.12. The first-order valence-corrected chi connectivity index (χ1v) is 16.5. The first-order chi connectivity index (χ1) is 22.9. The third kappa shape index (κ3) is 7.60. The zero-order valence-electron chi connectivity index (χ0n) is 25.3. The van der Waals surface area contributed by atoms with Gasteiger partial charge in [0, 0.05) is 77.7 Å². The minimum atomic E-state index is 0.529. The van der Waals surface area contributed by atoms with E-state index in [0.29, 0.717) is 27.5 Å². The van der Waals surface area contributed by atoms with Gasteiger partial charge in [0.25, 0.3) is 0 Å². The minimum absolute atomic E-state index is 0.529. The van der Waals surface area contributed by atoms with E-state index < -0.39 is 0 Å². The fraction of sp³-hybridized carbons (Fsp3) is 0.0811. The van der Waals surface area contributed by atoms with Gasteiger partial charge in [0.15, 0.2) is 0 Å². The van der Waals surface area contributed by atoms with Gasteiger partial charge >= 0.3 is 0 Å². The standard InChI is InChI=1S/C20H14ClN3S.C17H12BrN3O/c1-2-25-20-6-3-13(10-22)7-14(20)8-15(11-23)18-12-24-19-5-4-16(21)9-17(18)19;1-22-17-4-5-20-9-12(17)6-11(8-19)15-10-21-16-7-13(18)2-3-14(15)16/h3-9,12,24H,2H2,1H3;2-7,9-10,21H,1H3/b15-8+;11-6+. The van der Waals surface area contributed by atoms with E-state index in [0.717, 1.165) is 59.2 Å². The lowest BCUT2D eigenvalue weighted by Gasteiger charge is -2.06. The van der Waals surface area contributed by atoms with E-state index in [4.69, 9.17) is 21.6 Å². The zero-order chi connectivity index (χ0) is 33.3. The van der Waals surface area contributed by atoms with Gasteiger partial charge in [-0.2, -0.15) is 15.8 Å². The molecule has 7 nitrogen and oxygen atoms in total. The Balaban J connectivity index is 0.000000186. The maximum atomic E-state index is 9.70. The van der Waals surface area contributed by atoms with E-state index in [1.165, 1.54) is 0 Å². The first kappa shape index (κ1) is 33.1. The van der Waals surface area contributed by atoms with Crippen LogP contribution in [0.15, 0.2) is 94.8 Å². The van der Waals surface area contributed by atoms with E-state index in [-0.39, 0.29) is 0 Å². The Morgan fingerprint density at radius 2 is 1.62 bits per heavy atom. The summed E-state index contributed by atoms with van der Waals surface area (Å²) in [6, 6.07) is 25.5. The Kier molecular flexibility index (Phi) is 10.8. The van der Waals surface area contributed by atoms with Gasteiger partial charge < -0.3 is 14.7 Å². The van der Waals surface area contributed by atoms with Gasteiger partial charge in [-0.25, -0.2) is 0 Å². The summed E-state index contributed by atoms with van der Waals surface area (Å²) in [6.07, 6.45) is 10.6. The third-order valence-corrected chi connectivity index (χ3v) is 8.88. The first-order valence-electron chi connectivity index (χ1n) is 14.3. The number of fused-ring (bicyclic) bond motifs is 2. The second-order valence-electron chi connectivity index (χ2n) is 10.0. The van der Waals surface area contributed by atoms with Crippen LogP contribution in [0, 0.1) is 34.0 Å². The van der Waals surface area contributed by atoms with Crippen LogP contribution in [0.5, 0.6) is 5.75 Å².